The number of Topliss-reactive ketones (excluding diaryl/α,β-unsaturated/α-hetero) is 1. The van der Waals surface area contributed by atoms with Gasteiger partial charge in [-0.15, -0.1) is 0 Å². The Morgan fingerprint density at radius 3 is 2.35 bits per heavy atom. The predicted octanol–water partition coefficient (Wildman–Crippen LogP) is 7.20. The van der Waals surface area contributed by atoms with Crippen LogP contribution in [0.3, 0.4) is 0 Å². The average molecular weight is 532 g/mol. The molecule has 0 saturated heterocycles. The minimum Gasteiger partial charge on any atom is -0.467 e. The summed E-state index contributed by atoms with van der Waals surface area (Å²) >= 11 is 0. The molecule has 0 fully saturated rings. The Bertz CT molecular complexity index is 1520. The largest absolute Gasteiger partial charge is 0.467 e. The second-order valence-electron chi connectivity index (χ2n) is 10.3. The van der Waals surface area contributed by atoms with Gasteiger partial charge in [-0.05, 0) is 67.9 Å². The highest BCUT2D eigenvalue weighted by molar-refractivity contribution is 6.09. The van der Waals surface area contributed by atoms with Gasteiger partial charge in [-0.25, -0.2) is 0 Å². The quantitative estimate of drug-likeness (QED) is 0.285. The van der Waals surface area contributed by atoms with Crippen molar-refractivity contribution < 1.29 is 14.0 Å². The number of anilines is 3. The van der Waals surface area contributed by atoms with E-state index in [-0.39, 0.29) is 17.6 Å². The number of carbonyl (C=O) groups excluding carboxylic acids is 2. The van der Waals surface area contributed by atoms with Crippen LogP contribution in [0.25, 0.3) is 0 Å². The SMILES string of the molecule is CCN(CC)c1ccc(C2C=C3Nc4ccccc4N(C(=O)c4ccccc4)C(c4ccco4)C3C(=O)C2)cc1. The minimum atomic E-state index is -0.636. The Balaban J connectivity index is 1.46. The van der Waals surface area contributed by atoms with Crippen LogP contribution in [0.1, 0.15) is 53.9 Å². The van der Waals surface area contributed by atoms with Gasteiger partial charge in [-0.2, -0.15) is 0 Å². The van der Waals surface area contributed by atoms with Gasteiger partial charge in [0.25, 0.3) is 5.91 Å². The number of allylic oxidation sites excluding steroid dienone is 1. The lowest BCUT2D eigenvalue weighted by molar-refractivity contribution is -0.123. The van der Waals surface area contributed by atoms with Crippen LogP contribution in [0, 0.1) is 5.92 Å². The van der Waals surface area contributed by atoms with Gasteiger partial charge in [0.2, 0.25) is 0 Å². The fourth-order valence-electron chi connectivity index (χ4n) is 6.05. The van der Waals surface area contributed by atoms with E-state index in [9.17, 15) is 9.59 Å². The van der Waals surface area contributed by atoms with E-state index in [0.717, 1.165) is 30.0 Å². The zero-order valence-corrected chi connectivity index (χ0v) is 22.8. The molecule has 2 heterocycles. The first-order valence-electron chi connectivity index (χ1n) is 14.0. The lowest BCUT2D eigenvalue weighted by Gasteiger charge is -2.36. The first-order valence-corrected chi connectivity index (χ1v) is 14.0. The summed E-state index contributed by atoms with van der Waals surface area (Å²) in [5.41, 5.74) is 5.11. The molecule has 40 heavy (non-hydrogen) atoms. The van der Waals surface area contributed by atoms with Gasteiger partial charge in [0.1, 0.15) is 17.6 Å². The average Bonchev–Trinajstić information content (AvgIpc) is 3.48. The lowest BCUT2D eigenvalue weighted by atomic mass is 9.77. The molecule has 1 aromatic heterocycles. The molecule has 3 aromatic carbocycles. The van der Waals surface area contributed by atoms with Gasteiger partial charge in [0.05, 0.1) is 23.6 Å². The van der Waals surface area contributed by atoms with Gasteiger partial charge >= 0.3 is 0 Å². The van der Waals surface area contributed by atoms with Crippen molar-refractivity contribution in [3.63, 3.8) is 0 Å². The normalized spacial score (nSPS) is 20.1. The van der Waals surface area contributed by atoms with Crippen molar-refractivity contribution in [2.24, 2.45) is 5.92 Å². The summed E-state index contributed by atoms with van der Waals surface area (Å²) < 4.78 is 5.92. The van der Waals surface area contributed by atoms with Crippen molar-refractivity contribution in [3.05, 3.63) is 126 Å². The van der Waals surface area contributed by atoms with Crippen LogP contribution < -0.4 is 15.1 Å². The van der Waals surface area contributed by atoms with Crippen LogP contribution in [0.5, 0.6) is 0 Å². The number of hydrogen-bond donors (Lipinski definition) is 1. The first-order chi connectivity index (χ1) is 19.6. The Morgan fingerprint density at radius 2 is 1.65 bits per heavy atom. The third-order valence-corrected chi connectivity index (χ3v) is 8.04. The Morgan fingerprint density at radius 1 is 0.925 bits per heavy atom. The van der Waals surface area contributed by atoms with Crippen molar-refractivity contribution in [2.45, 2.75) is 32.2 Å². The van der Waals surface area contributed by atoms with Crippen molar-refractivity contribution in [1.29, 1.82) is 0 Å². The number of hydrogen-bond acceptors (Lipinski definition) is 5. The van der Waals surface area contributed by atoms with Crippen LogP contribution in [-0.4, -0.2) is 24.8 Å². The van der Waals surface area contributed by atoms with E-state index in [1.165, 1.54) is 5.69 Å². The molecule has 6 heteroatoms. The number of amides is 1. The molecule has 1 amide bonds. The topological polar surface area (TPSA) is 65.8 Å². The zero-order valence-electron chi connectivity index (χ0n) is 22.8. The molecule has 6 nitrogen and oxygen atoms in total. The highest BCUT2D eigenvalue weighted by atomic mass is 16.3. The monoisotopic (exact) mass is 531 g/mol. The van der Waals surface area contributed by atoms with Gasteiger partial charge in [-0.3, -0.25) is 14.5 Å². The number of nitrogens with zero attached hydrogens (tertiary/aromatic N) is 2. The van der Waals surface area contributed by atoms with E-state index in [4.69, 9.17) is 4.42 Å². The molecule has 1 N–H and O–H groups in total. The summed E-state index contributed by atoms with van der Waals surface area (Å²) in [7, 11) is 0. The van der Waals surface area contributed by atoms with Crippen LogP contribution in [0.2, 0.25) is 0 Å². The number of furan rings is 1. The number of para-hydroxylation sites is 2. The third kappa shape index (κ3) is 4.60. The van der Waals surface area contributed by atoms with Crippen molar-refractivity contribution in [1.82, 2.24) is 0 Å². The molecule has 0 bridgehead atoms. The molecule has 3 atom stereocenters. The van der Waals surface area contributed by atoms with E-state index in [2.05, 4.69) is 54.4 Å². The van der Waals surface area contributed by atoms with E-state index >= 15 is 0 Å². The van der Waals surface area contributed by atoms with Crippen LogP contribution >= 0.6 is 0 Å². The maximum Gasteiger partial charge on any atom is 0.259 e. The molecule has 1 aliphatic heterocycles. The molecule has 202 valence electrons. The molecule has 0 radical (unpaired) electrons. The summed E-state index contributed by atoms with van der Waals surface area (Å²) in [4.78, 5) is 32.3. The zero-order chi connectivity index (χ0) is 27.6. The number of nitrogens with one attached hydrogen (secondary N) is 1. The second kappa shape index (κ2) is 10.9. The Hall–Kier alpha value is -4.58. The summed E-state index contributed by atoms with van der Waals surface area (Å²) in [5.74, 6) is -0.202. The molecule has 6 rings (SSSR count). The Labute approximate surface area is 234 Å². The second-order valence-corrected chi connectivity index (χ2v) is 10.3. The fraction of sp³-hybridized carbons (Fsp3) is 0.235. The van der Waals surface area contributed by atoms with Gasteiger partial charge in [0.15, 0.2) is 0 Å². The molecule has 0 spiro atoms. The summed E-state index contributed by atoms with van der Waals surface area (Å²) in [6, 6.07) is 28.5. The third-order valence-electron chi connectivity index (χ3n) is 8.04. The van der Waals surface area contributed by atoms with Crippen molar-refractivity contribution in [2.75, 3.05) is 28.2 Å². The highest BCUT2D eigenvalue weighted by Gasteiger charge is 2.46. The maximum absolute atomic E-state index is 14.1. The number of benzene rings is 3. The van der Waals surface area contributed by atoms with Gasteiger partial charge in [0, 0.05) is 42.4 Å². The van der Waals surface area contributed by atoms with Gasteiger partial charge < -0.3 is 14.6 Å². The van der Waals surface area contributed by atoms with Crippen molar-refractivity contribution >= 4 is 28.8 Å². The van der Waals surface area contributed by atoms with Crippen LogP contribution in [-0.2, 0) is 4.79 Å². The lowest BCUT2D eigenvalue weighted by Crippen LogP contribution is -2.42. The van der Waals surface area contributed by atoms with E-state index < -0.39 is 12.0 Å². The predicted molar refractivity (Wildman–Crippen MR) is 159 cm³/mol. The molecule has 2 aliphatic rings. The highest BCUT2D eigenvalue weighted by Crippen LogP contribution is 2.48. The molecular formula is C34H33N3O3. The number of ketones is 1. The van der Waals surface area contributed by atoms with E-state index in [1.807, 2.05) is 54.6 Å². The number of fused-ring (bicyclic) bond motifs is 2. The number of rotatable bonds is 6. The van der Waals surface area contributed by atoms with Crippen LogP contribution in [0.4, 0.5) is 17.1 Å². The van der Waals surface area contributed by atoms with Gasteiger partial charge in [-0.1, -0.05) is 48.5 Å². The Kier molecular flexibility index (Phi) is 6.99. The molecule has 1 aliphatic carbocycles. The molecule has 0 saturated carbocycles. The minimum absolute atomic E-state index is 0.0715. The molecule has 4 aromatic rings. The summed E-state index contributed by atoms with van der Waals surface area (Å²) in [6.07, 6.45) is 4.12. The number of carbonyl (C=O) groups is 2. The van der Waals surface area contributed by atoms with Crippen LogP contribution in [0.15, 0.2) is 113 Å². The molecule has 3 unspecified atom stereocenters. The maximum atomic E-state index is 14.1. The van der Waals surface area contributed by atoms with E-state index in [0.29, 0.717) is 23.4 Å². The summed E-state index contributed by atoms with van der Waals surface area (Å²) in [6.45, 7) is 6.19. The molecular weight excluding hydrogens is 498 g/mol. The fourth-order valence-corrected chi connectivity index (χ4v) is 6.05. The smallest absolute Gasteiger partial charge is 0.259 e. The van der Waals surface area contributed by atoms with Crippen molar-refractivity contribution in [3.8, 4) is 0 Å². The first kappa shape index (κ1) is 25.7. The standard InChI is InChI=1S/C34H33N3O3/c1-3-36(4-2)26-18-16-23(17-19-26)25-21-28-32(30(38)22-25)33(31-15-10-20-40-31)37(29-14-9-8-13-27(29)35-28)34(39)24-11-6-5-7-12-24/h5-21,25,32-33,35H,3-4,22H2,1-2H3. The summed E-state index contributed by atoms with van der Waals surface area (Å²) in [5, 5.41) is 3.56. The van der Waals surface area contributed by atoms with E-state index in [1.54, 1.807) is 23.3 Å².